The molecule has 0 radical (unpaired) electrons. The summed E-state index contributed by atoms with van der Waals surface area (Å²) in [5.74, 6) is -0.533. The average molecular weight is 321 g/mol. The Hall–Kier alpha value is -3.41. The molecule has 1 amide bonds. The van der Waals surface area contributed by atoms with E-state index in [4.69, 9.17) is 10.5 Å². The predicted molar refractivity (Wildman–Crippen MR) is 90.3 cm³/mol. The van der Waals surface area contributed by atoms with Crippen LogP contribution in [-0.4, -0.2) is 22.6 Å². The second-order valence-corrected chi connectivity index (χ2v) is 5.05. The lowest BCUT2D eigenvalue weighted by Gasteiger charge is -2.18. The summed E-state index contributed by atoms with van der Waals surface area (Å²) in [7, 11) is 1.39. The summed E-state index contributed by atoms with van der Waals surface area (Å²) in [5.41, 5.74) is 6.96. The number of carbonyl (C=O) groups is 1. The van der Waals surface area contributed by atoms with Crippen molar-refractivity contribution in [3.63, 3.8) is 0 Å². The Kier molecular flexibility index (Phi) is 4.11. The molecule has 0 aliphatic heterocycles. The van der Waals surface area contributed by atoms with E-state index in [0.29, 0.717) is 16.9 Å². The van der Waals surface area contributed by atoms with Gasteiger partial charge in [0.25, 0.3) is 11.5 Å². The molecule has 1 aromatic carbocycles. The van der Waals surface area contributed by atoms with Crippen molar-refractivity contribution in [3.8, 4) is 22.7 Å². The molecule has 6 heteroatoms. The monoisotopic (exact) mass is 321 g/mol. The zero-order valence-corrected chi connectivity index (χ0v) is 13.0. The number of hydrogen-bond donors (Lipinski definition) is 1. The van der Waals surface area contributed by atoms with Crippen molar-refractivity contribution in [3.05, 3.63) is 76.8 Å². The summed E-state index contributed by atoms with van der Waals surface area (Å²) in [6, 6.07) is 13.8. The highest BCUT2D eigenvalue weighted by Crippen LogP contribution is 2.30. The van der Waals surface area contributed by atoms with E-state index in [1.54, 1.807) is 36.7 Å². The molecule has 0 bridgehead atoms. The first-order chi connectivity index (χ1) is 11.6. The lowest BCUT2D eigenvalue weighted by Crippen LogP contribution is -2.25. The van der Waals surface area contributed by atoms with Gasteiger partial charge in [-0.15, -0.1) is 0 Å². The van der Waals surface area contributed by atoms with Crippen molar-refractivity contribution in [2.24, 2.45) is 5.73 Å². The SMILES string of the molecule is COc1cc(=O)n(-c2cccnc2)c(-c2ccccc2)c1C(N)=O. The smallest absolute Gasteiger partial charge is 0.259 e. The summed E-state index contributed by atoms with van der Waals surface area (Å²) in [6.45, 7) is 0. The van der Waals surface area contributed by atoms with Gasteiger partial charge in [-0.25, -0.2) is 0 Å². The van der Waals surface area contributed by atoms with Gasteiger partial charge in [0.15, 0.2) is 0 Å². The van der Waals surface area contributed by atoms with Gasteiger partial charge in [-0.05, 0) is 17.7 Å². The first kappa shape index (κ1) is 15.5. The third kappa shape index (κ3) is 2.65. The molecule has 3 rings (SSSR count). The van der Waals surface area contributed by atoms with Gasteiger partial charge in [0.05, 0.1) is 24.7 Å². The Balaban J connectivity index is 2.48. The standard InChI is InChI=1S/C18H15N3O3/c1-24-14-10-15(22)21(13-8-5-9-20-11-13)17(16(14)18(19)23)12-6-3-2-4-7-12/h2-11H,1H3,(H2,19,23). The lowest BCUT2D eigenvalue weighted by molar-refractivity contribution is 0.0997. The lowest BCUT2D eigenvalue weighted by atomic mass is 10.0. The van der Waals surface area contributed by atoms with E-state index >= 15 is 0 Å². The summed E-state index contributed by atoms with van der Waals surface area (Å²) in [4.78, 5) is 28.8. The third-order valence-electron chi connectivity index (χ3n) is 3.60. The van der Waals surface area contributed by atoms with Crippen LogP contribution >= 0.6 is 0 Å². The number of amides is 1. The van der Waals surface area contributed by atoms with Crippen molar-refractivity contribution in [2.45, 2.75) is 0 Å². The molecule has 0 fully saturated rings. The molecule has 0 aliphatic carbocycles. The summed E-state index contributed by atoms with van der Waals surface area (Å²) < 4.78 is 6.62. The van der Waals surface area contributed by atoms with Crippen molar-refractivity contribution in [1.82, 2.24) is 9.55 Å². The van der Waals surface area contributed by atoms with Crippen LogP contribution in [-0.2, 0) is 0 Å². The highest BCUT2D eigenvalue weighted by atomic mass is 16.5. The molecule has 2 heterocycles. The number of primary amides is 1. The van der Waals surface area contributed by atoms with Crippen LogP contribution in [0, 0.1) is 0 Å². The maximum atomic E-state index is 12.7. The van der Waals surface area contributed by atoms with Gasteiger partial charge in [-0.3, -0.25) is 19.1 Å². The fourth-order valence-corrected chi connectivity index (χ4v) is 2.60. The maximum absolute atomic E-state index is 12.7. The molecule has 2 aromatic heterocycles. The first-order valence-corrected chi connectivity index (χ1v) is 7.23. The van der Waals surface area contributed by atoms with E-state index < -0.39 is 5.91 Å². The van der Waals surface area contributed by atoms with Crippen molar-refractivity contribution < 1.29 is 9.53 Å². The van der Waals surface area contributed by atoms with Crippen LogP contribution < -0.4 is 16.0 Å². The number of benzene rings is 1. The molecule has 0 atom stereocenters. The topological polar surface area (TPSA) is 87.2 Å². The van der Waals surface area contributed by atoms with Gasteiger partial charge in [0, 0.05) is 12.3 Å². The normalized spacial score (nSPS) is 10.4. The predicted octanol–water partition coefficient (Wildman–Crippen LogP) is 2.01. The van der Waals surface area contributed by atoms with Crippen LogP contribution in [0.3, 0.4) is 0 Å². The van der Waals surface area contributed by atoms with Gasteiger partial charge in [-0.2, -0.15) is 0 Å². The third-order valence-corrected chi connectivity index (χ3v) is 3.60. The van der Waals surface area contributed by atoms with Gasteiger partial charge in [-0.1, -0.05) is 30.3 Å². The summed E-state index contributed by atoms with van der Waals surface area (Å²) in [6.07, 6.45) is 3.15. The van der Waals surface area contributed by atoms with E-state index in [9.17, 15) is 9.59 Å². The molecule has 0 spiro atoms. The van der Waals surface area contributed by atoms with Crippen molar-refractivity contribution in [2.75, 3.05) is 7.11 Å². The molecule has 2 N–H and O–H groups in total. The number of pyridine rings is 2. The maximum Gasteiger partial charge on any atom is 0.259 e. The molecular formula is C18H15N3O3. The fraction of sp³-hybridized carbons (Fsp3) is 0.0556. The quantitative estimate of drug-likeness (QED) is 0.796. The summed E-state index contributed by atoms with van der Waals surface area (Å²) >= 11 is 0. The number of hydrogen-bond acceptors (Lipinski definition) is 4. The number of methoxy groups -OCH3 is 1. The number of nitrogens with zero attached hydrogens (tertiary/aromatic N) is 2. The van der Waals surface area contributed by atoms with Gasteiger partial charge >= 0.3 is 0 Å². The molecule has 24 heavy (non-hydrogen) atoms. The molecule has 3 aromatic rings. The van der Waals surface area contributed by atoms with Crippen LogP contribution in [0.1, 0.15) is 10.4 Å². The summed E-state index contributed by atoms with van der Waals surface area (Å²) in [5, 5.41) is 0. The Morgan fingerprint density at radius 2 is 1.92 bits per heavy atom. The second kappa shape index (κ2) is 6.37. The van der Waals surface area contributed by atoms with Gasteiger partial charge < -0.3 is 10.5 Å². The molecule has 6 nitrogen and oxygen atoms in total. The molecular weight excluding hydrogens is 306 g/mol. The van der Waals surface area contributed by atoms with E-state index in [-0.39, 0.29) is 16.9 Å². The number of rotatable bonds is 4. The van der Waals surface area contributed by atoms with Crippen LogP contribution in [0.25, 0.3) is 16.9 Å². The van der Waals surface area contributed by atoms with Crippen molar-refractivity contribution in [1.29, 1.82) is 0 Å². The minimum atomic E-state index is -0.677. The number of nitrogens with two attached hydrogens (primary N) is 1. The van der Waals surface area contributed by atoms with E-state index in [0.717, 1.165) is 0 Å². The average Bonchev–Trinajstić information content (AvgIpc) is 2.61. The van der Waals surface area contributed by atoms with Crippen molar-refractivity contribution >= 4 is 5.91 Å². The second-order valence-electron chi connectivity index (χ2n) is 5.05. The zero-order chi connectivity index (χ0) is 17.1. The largest absolute Gasteiger partial charge is 0.496 e. The number of carbonyl (C=O) groups excluding carboxylic acids is 1. The van der Waals surface area contributed by atoms with E-state index in [1.165, 1.54) is 17.7 Å². The molecule has 120 valence electrons. The zero-order valence-electron chi connectivity index (χ0n) is 13.0. The van der Waals surface area contributed by atoms with Crippen LogP contribution in [0.4, 0.5) is 0 Å². The molecule has 0 saturated carbocycles. The van der Waals surface area contributed by atoms with Crippen LogP contribution in [0.2, 0.25) is 0 Å². The molecule has 0 saturated heterocycles. The highest BCUT2D eigenvalue weighted by Gasteiger charge is 2.22. The first-order valence-electron chi connectivity index (χ1n) is 7.23. The highest BCUT2D eigenvalue weighted by molar-refractivity contribution is 6.02. The number of aromatic nitrogens is 2. The fourth-order valence-electron chi connectivity index (χ4n) is 2.60. The number of ether oxygens (including phenoxy) is 1. The van der Waals surface area contributed by atoms with E-state index in [1.807, 2.05) is 18.2 Å². The molecule has 0 aliphatic rings. The van der Waals surface area contributed by atoms with Gasteiger partial charge in [0.1, 0.15) is 11.3 Å². The van der Waals surface area contributed by atoms with Crippen LogP contribution in [0.15, 0.2) is 65.7 Å². The minimum Gasteiger partial charge on any atom is -0.496 e. The van der Waals surface area contributed by atoms with E-state index in [2.05, 4.69) is 4.98 Å². The van der Waals surface area contributed by atoms with Gasteiger partial charge in [0.2, 0.25) is 0 Å². The Morgan fingerprint density at radius 1 is 1.17 bits per heavy atom. The molecule has 0 unspecified atom stereocenters. The Labute approximate surface area is 138 Å². The Bertz CT molecular complexity index is 935. The Morgan fingerprint density at radius 3 is 2.50 bits per heavy atom. The minimum absolute atomic E-state index is 0.145. The van der Waals surface area contributed by atoms with Crippen LogP contribution in [0.5, 0.6) is 5.75 Å².